The largest absolute Gasteiger partial charge is 0.406 e. The van der Waals surface area contributed by atoms with E-state index in [4.69, 9.17) is 4.42 Å². The van der Waals surface area contributed by atoms with E-state index in [0.29, 0.717) is 16.7 Å². The van der Waals surface area contributed by atoms with Crippen LogP contribution in [-0.2, 0) is 0 Å². The second-order valence-electron chi connectivity index (χ2n) is 5.94. The van der Waals surface area contributed by atoms with Gasteiger partial charge in [-0.15, -0.1) is 5.10 Å². The van der Waals surface area contributed by atoms with Crippen LogP contribution in [0.3, 0.4) is 0 Å². The minimum atomic E-state index is 0.119. The van der Waals surface area contributed by atoms with E-state index in [-0.39, 0.29) is 6.04 Å². The van der Waals surface area contributed by atoms with Crippen molar-refractivity contribution in [3.8, 4) is 0 Å². The van der Waals surface area contributed by atoms with Crippen molar-refractivity contribution < 1.29 is 4.42 Å². The molecule has 1 aromatic rings. The van der Waals surface area contributed by atoms with E-state index < -0.39 is 0 Å². The van der Waals surface area contributed by atoms with Crippen LogP contribution in [0.4, 0.5) is 6.01 Å². The molecule has 20 heavy (non-hydrogen) atoms. The predicted molar refractivity (Wildman–Crippen MR) is 84.4 cm³/mol. The number of hydrogen-bond acceptors (Lipinski definition) is 6. The Morgan fingerprint density at radius 3 is 2.95 bits per heavy atom. The number of aromatic nitrogens is 2. The molecule has 6 heteroatoms. The molecule has 1 N–H and O–H groups in total. The number of anilines is 1. The maximum atomic E-state index is 5.84. The van der Waals surface area contributed by atoms with Crippen molar-refractivity contribution in [1.82, 2.24) is 15.5 Å². The molecule has 1 fully saturated rings. The molecule has 1 atom stereocenters. The topological polar surface area (TPSA) is 54.2 Å². The van der Waals surface area contributed by atoms with Crippen LogP contribution in [0.25, 0.3) is 0 Å². The fraction of sp³-hybridized carbons (Fsp3) is 0.857. The molecule has 2 heterocycles. The van der Waals surface area contributed by atoms with E-state index in [0.717, 1.165) is 38.2 Å². The van der Waals surface area contributed by atoms with Crippen molar-refractivity contribution in [1.29, 1.82) is 0 Å². The molecule has 1 aliphatic heterocycles. The lowest BCUT2D eigenvalue weighted by Crippen LogP contribution is -2.27. The summed E-state index contributed by atoms with van der Waals surface area (Å²) in [6, 6.07) is 0.789. The van der Waals surface area contributed by atoms with Gasteiger partial charge in [0, 0.05) is 23.6 Å². The molecule has 1 unspecified atom stereocenters. The first kappa shape index (κ1) is 15.6. The van der Waals surface area contributed by atoms with Crippen molar-refractivity contribution in [2.24, 2.45) is 0 Å². The van der Waals surface area contributed by atoms with Gasteiger partial charge in [-0.05, 0) is 26.3 Å². The van der Waals surface area contributed by atoms with Crippen molar-refractivity contribution in [3.63, 3.8) is 0 Å². The Kier molecular flexibility index (Phi) is 5.32. The lowest BCUT2D eigenvalue weighted by molar-refractivity contribution is 0.413. The van der Waals surface area contributed by atoms with Gasteiger partial charge in [-0.1, -0.05) is 25.9 Å². The van der Waals surface area contributed by atoms with Gasteiger partial charge in [-0.3, -0.25) is 0 Å². The highest BCUT2D eigenvalue weighted by molar-refractivity contribution is 8.00. The molecule has 1 aromatic heterocycles. The Morgan fingerprint density at radius 2 is 2.20 bits per heavy atom. The summed E-state index contributed by atoms with van der Waals surface area (Å²) in [5, 5.41) is 11.8. The Labute approximate surface area is 125 Å². The zero-order valence-electron chi connectivity index (χ0n) is 13.0. The summed E-state index contributed by atoms with van der Waals surface area (Å²) in [6.07, 6.45) is 2.24. The van der Waals surface area contributed by atoms with E-state index >= 15 is 0 Å². The third-order valence-electron chi connectivity index (χ3n) is 3.61. The highest BCUT2D eigenvalue weighted by atomic mass is 32.2. The zero-order chi connectivity index (χ0) is 14.6. The van der Waals surface area contributed by atoms with Crippen LogP contribution in [0.15, 0.2) is 4.42 Å². The van der Waals surface area contributed by atoms with Gasteiger partial charge in [0.05, 0.1) is 6.04 Å². The molecule has 1 aliphatic rings. The maximum absolute atomic E-state index is 5.84. The van der Waals surface area contributed by atoms with Gasteiger partial charge in [0.15, 0.2) is 0 Å². The molecule has 0 saturated carbocycles. The molecule has 2 rings (SSSR count). The highest BCUT2D eigenvalue weighted by Crippen LogP contribution is 2.32. The van der Waals surface area contributed by atoms with Crippen molar-refractivity contribution in [2.45, 2.75) is 51.3 Å². The Bertz CT molecular complexity index is 421. The smallest absolute Gasteiger partial charge is 0.318 e. The zero-order valence-corrected chi connectivity index (χ0v) is 13.8. The molecule has 0 amide bonds. The SMILES string of the molecule is CCCNC(C)c1nnc(N2CCSC(C)(C)CC2)o1. The predicted octanol–water partition coefficient (Wildman–Crippen LogP) is 2.85. The summed E-state index contributed by atoms with van der Waals surface area (Å²) in [6.45, 7) is 11.7. The van der Waals surface area contributed by atoms with Crippen molar-refractivity contribution in [3.05, 3.63) is 5.89 Å². The molecule has 5 nitrogen and oxygen atoms in total. The van der Waals surface area contributed by atoms with Gasteiger partial charge in [-0.2, -0.15) is 11.8 Å². The van der Waals surface area contributed by atoms with Gasteiger partial charge in [-0.25, -0.2) is 0 Å². The van der Waals surface area contributed by atoms with Crippen LogP contribution in [-0.4, -0.2) is 40.3 Å². The second kappa shape index (κ2) is 6.80. The first-order valence-electron chi connectivity index (χ1n) is 7.47. The average molecular weight is 298 g/mol. The Hall–Kier alpha value is -0.750. The Morgan fingerprint density at radius 1 is 1.40 bits per heavy atom. The van der Waals surface area contributed by atoms with E-state index in [9.17, 15) is 0 Å². The molecule has 1 saturated heterocycles. The summed E-state index contributed by atoms with van der Waals surface area (Å²) in [5.41, 5.74) is 0. The van der Waals surface area contributed by atoms with Gasteiger partial charge in [0.25, 0.3) is 0 Å². The normalized spacial score (nSPS) is 20.7. The average Bonchev–Trinajstić information content (AvgIpc) is 2.82. The first-order valence-corrected chi connectivity index (χ1v) is 8.46. The molecule has 0 spiro atoms. The summed E-state index contributed by atoms with van der Waals surface area (Å²) < 4.78 is 6.18. The number of nitrogens with zero attached hydrogens (tertiary/aromatic N) is 3. The summed E-state index contributed by atoms with van der Waals surface area (Å²) in [4.78, 5) is 2.21. The van der Waals surface area contributed by atoms with Crippen LogP contribution in [0.2, 0.25) is 0 Å². The van der Waals surface area contributed by atoms with Crippen LogP contribution in [0.5, 0.6) is 0 Å². The quantitative estimate of drug-likeness (QED) is 0.902. The fourth-order valence-corrected chi connectivity index (χ4v) is 3.29. The minimum absolute atomic E-state index is 0.119. The lowest BCUT2D eigenvalue weighted by atomic mass is 10.1. The maximum Gasteiger partial charge on any atom is 0.318 e. The van der Waals surface area contributed by atoms with Gasteiger partial charge in [0.2, 0.25) is 5.89 Å². The van der Waals surface area contributed by atoms with E-state index in [2.05, 4.69) is 48.1 Å². The van der Waals surface area contributed by atoms with Crippen LogP contribution < -0.4 is 10.2 Å². The van der Waals surface area contributed by atoms with E-state index in [1.807, 2.05) is 11.8 Å². The molecule has 0 radical (unpaired) electrons. The second-order valence-corrected chi connectivity index (χ2v) is 7.75. The van der Waals surface area contributed by atoms with Gasteiger partial charge in [0.1, 0.15) is 0 Å². The molecular weight excluding hydrogens is 272 g/mol. The number of rotatable bonds is 5. The number of thioether (sulfide) groups is 1. The van der Waals surface area contributed by atoms with E-state index in [1.54, 1.807) is 0 Å². The lowest BCUT2D eigenvalue weighted by Gasteiger charge is -2.21. The molecule has 114 valence electrons. The van der Waals surface area contributed by atoms with Crippen molar-refractivity contribution in [2.75, 3.05) is 30.3 Å². The highest BCUT2D eigenvalue weighted by Gasteiger charge is 2.26. The minimum Gasteiger partial charge on any atom is -0.406 e. The van der Waals surface area contributed by atoms with Gasteiger partial charge >= 0.3 is 6.01 Å². The van der Waals surface area contributed by atoms with Gasteiger partial charge < -0.3 is 14.6 Å². The van der Waals surface area contributed by atoms with Crippen LogP contribution >= 0.6 is 11.8 Å². The summed E-state index contributed by atoms with van der Waals surface area (Å²) in [7, 11) is 0. The third kappa shape index (κ3) is 4.12. The molecule has 0 bridgehead atoms. The molecule has 0 aliphatic carbocycles. The monoisotopic (exact) mass is 298 g/mol. The third-order valence-corrected chi connectivity index (χ3v) is 4.98. The standard InChI is InChI=1S/C14H26N4OS/c1-5-7-15-11(2)12-16-17-13(19-12)18-8-6-14(3,4)20-10-9-18/h11,15H,5-10H2,1-4H3. The van der Waals surface area contributed by atoms with Crippen LogP contribution in [0, 0.1) is 0 Å². The summed E-state index contributed by atoms with van der Waals surface area (Å²) >= 11 is 2.02. The van der Waals surface area contributed by atoms with Crippen molar-refractivity contribution >= 4 is 17.8 Å². The molecular formula is C14H26N4OS. The molecule has 0 aromatic carbocycles. The number of nitrogens with one attached hydrogen (secondary N) is 1. The first-order chi connectivity index (χ1) is 9.52. The Balaban J connectivity index is 1.97. The van der Waals surface area contributed by atoms with Crippen LogP contribution in [0.1, 0.15) is 52.5 Å². The van der Waals surface area contributed by atoms with E-state index in [1.165, 1.54) is 0 Å². The summed E-state index contributed by atoms with van der Waals surface area (Å²) in [5.74, 6) is 1.79. The number of hydrogen-bond donors (Lipinski definition) is 1. The fourth-order valence-electron chi connectivity index (χ4n) is 2.19.